The van der Waals surface area contributed by atoms with E-state index in [0.29, 0.717) is 12.0 Å². The molecule has 0 aromatic heterocycles. The van der Waals surface area contributed by atoms with Crippen molar-refractivity contribution >= 4 is 11.6 Å². The summed E-state index contributed by atoms with van der Waals surface area (Å²) in [5.41, 5.74) is 0. The second-order valence-electron chi connectivity index (χ2n) is 3.64. The molecule has 0 fully saturated rings. The maximum atomic E-state index is 5.71. The number of hydrogen-bond donors (Lipinski definition) is 1. The largest absolute Gasteiger partial charge is 0.314 e. The molecule has 2 heteroatoms. The molecule has 0 aromatic rings. The minimum absolute atomic E-state index is 0.606. The van der Waals surface area contributed by atoms with Crippen LogP contribution in [0.25, 0.3) is 0 Å². The third kappa shape index (κ3) is 5.84. The fraction of sp³-hybridized carbons (Fsp3) is 1.00. The molecular weight excluding hydrogens is 170 g/mol. The van der Waals surface area contributed by atoms with Crippen LogP contribution in [0.1, 0.15) is 40.0 Å². The van der Waals surface area contributed by atoms with Crippen molar-refractivity contribution in [3.63, 3.8) is 0 Å². The Morgan fingerprint density at radius 2 is 2.00 bits per heavy atom. The number of alkyl halides is 1. The minimum atomic E-state index is 0.606. The summed E-state index contributed by atoms with van der Waals surface area (Å²) in [4.78, 5) is 0. The van der Waals surface area contributed by atoms with Gasteiger partial charge in [-0.2, -0.15) is 0 Å². The van der Waals surface area contributed by atoms with Gasteiger partial charge in [0, 0.05) is 11.9 Å². The van der Waals surface area contributed by atoms with Gasteiger partial charge in [-0.15, -0.1) is 11.6 Å². The molecule has 1 N–H and O–H groups in total. The van der Waals surface area contributed by atoms with Crippen LogP contribution in [0.15, 0.2) is 0 Å². The van der Waals surface area contributed by atoms with Gasteiger partial charge in [0.05, 0.1) is 0 Å². The van der Waals surface area contributed by atoms with Crippen molar-refractivity contribution < 1.29 is 0 Å². The number of nitrogens with one attached hydrogen (secondary N) is 1. The first-order chi connectivity index (χ1) is 5.72. The highest BCUT2D eigenvalue weighted by Crippen LogP contribution is 2.06. The second-order valence-corrected chi connectivity index (χ2v) is 4.01. The van der Waals surface area contributed by atoms with Gasteiger partial charge in [-0.25, -0.2) is 0 Å². The van der Waals surface area contributed by atoms with Crippen LogP contribution in [0.3, 0.4) is 0 Å². The quantitative estimate of drug-likeness (QED) is 0.482. The summed E-state index contributed by atoms with van der Waals surface area (Å²) in [6, 6.07) is 0.606. The Hall–Kier alpha value is 0.250. The lowest BCUT2D eigenvalue weighted by Crippen LogP contribution is -2.34. The molecule has 0 radical (unpaired) electrons. The fourth-order valence-electron chi connectivity index (χ4n) is 1.25. The molecule has 0 aliphatic carbocycles. The zero-order chi connectivity index (χ0) is 9.40. The number of rotatable bonds is 7. The lowest BCUT2D eigenvalue weighted by atomic mass is 10.0. The van der Waals surface area contributed by atoms with E-state index in [9.17, 15) is 0 Å². The second kappa shape index (κ2) is 7.88. The van der Waals surface area contributed by atoms with Crippen molar-refractivity contribution in [1.82, 2.24) is 5.32 Å². The van der Waals surface area contributed by atoms with Crippen molar-refractivity contribution in [3.8, 4) is 0 Å². The highest BCUT2D eigenvalue weighted by molar-refractivity contribution is 6.17. The highest BCUT2D eigenvalue weighted by Gasteiger charge is 2.10. The molecule has 1 atom stereocenters. The SMILES string of the molecule is CCCCNC(CCCl)C(C)C. The number of halogens is 1. The molecule has 0 rings (SSSR count). The molecule has 0 spiro atoms. The summed E-state index contributed by atoms with van der Waals surface area (Å²) >= 11 is 5.71. The van der Waals surface area contributed by atoms with Crippen LogP contribution in [0.2, 0.25) is 0 Å². The summed E-state index contributed by atoms with van der Waals surface area (Å²) < 4.78 is 0. The molecule has 0 heterocycles. The molecule has 0 saturated heterocycles. The topological polar surface area (TPSA) is 12.0 Å². The first-order valence-electron chi connectivity index (χ1n) is 5.01. The molecular formula is C10H22ClN. The summed E-state index contributed by atoms with van der Waals surface area (Å²) in [6.07, 6.45) is 3.62. The van der Waals surface area contributed by atoms with E-state index < -0.39 is 0 Å². The Kier molecular flexibility index (Phi) is 8.04. The van der Waals surface area contributed by atoms with Gasteiger partial charge in [-0.1, -0.05) is 27.2 Å². The van der Waals surface area contributed by atoms with Gasteiger partial charge < -0.3 is 5.32 Å². The molecule has 0 saturated carbocycles. The van der Waals surface area contributed by atoms with Crippen LogP contribution in [0, 0.1) is 5.92 Å². The first-order valence-corrected chi connectivity index (χ1v) is 5.55. The van der Waals surface area contributed by atoms with Crippen molar-refractivity contribution in [2.24, 2.45) is 5.92 Å². The first kappa shape index (κ1) is 12.2. The van der Waals surface area contributed by atoms with Gasteiger partial charge in [-0.05, 0) is 25.3 Å². The van der Waals surface area contributed by atoms with Crippen LogP contribution in [-0.4, -0.2) is 18.5 Å². The Labute approximate surface area is 81.9 Å². The van der Waals surface area contributed by atoms with E-state index in [1.165, 1.54) is 12.8 Å². The zero-order valence-corrected chi connectivity index (χ0v) is 9.32. The standard InChI is InChI=1S/C10H22ClN/c1-4-5-8-12-10(6-7-11)9(2)3/h9-10,12H,4-8H2,1-3H3. The van der Waals surface area contributed by atoms with Crippen molar-refractivity contribution in [2.75, 3.05) is 12.4 Å². The minimum Gasteiger partial charge on any atom is -0.314 e. The third-order valence-corrected chi connectivity index (χ3v) is 2.38. The van der Waals surface area contributed by atoms with Gasteiger partial charge in [0.1, 0.15) is 0 Å². The summed E-state index contributed by atoms with van der Waals surface area (Å²) in [6.45, 7) is 7.84. The maximum absolute atomic E-state index is 5.71. The Bertz CT molecular complexity index is 93.8. The van der Waals surface area contributed by atoms with Crippen LogP contribution in [0.5, 0.6) is 0 Å². The van der Waals surface area contributed by atoms with Crippen LogP contribution >= 0.6 is 11.6 Å². The number of hydrogen-bond acceptors (Lipinski definition) is 1. The molecule has 74 valence electrons. The van der Waals surface area contributed by atoms with Crippen molar-refractivity contribution in [2.45, 2.75) is 46.1 Å². The predicted molar refractivity (Wildman–Crippen MR) is 56.9 cm³/mol. The van der Waals surface area contributed by atoms with Crippen LogP contribution in [0.4, 0.5) is 0 Å². The van der Waals surface area contributed by atoms with Gasteiger partial charge in [0.15, 0.2) is 0 Å². The van der Waals surface area contributed by atoms with Gasteiger partial charge >= 0.3 is 0 Å². The van der Waals surface area contributed by atoms with E-state index in [4.69, 9.17) is 11.6 Å². The smallest absolute Gasteiger partial charge is 0.0238 e. The van der Waals surface area contributed by atoms with Gasteiger partial charge in [-0.3, -0.25) is 0 Å². The van der Waals surface area contributed by atoms with E-state index in [1.54, 1.807) is 0 Å². The van der Waals surface area contributed by atoms with Gasteiger partial charge in [0.2, 0.25) is 0 Å². The fourth-order valence-corrected chi connectivity index (χ4v) is 1.49. The maximum Gasteiger partial charge on any atom is 0.0238 e. The normalized spacial score (nSPS) is 13.8. The van der Waals surface area contributed by atoms with Gasteiger partial charge in [0.25, 0.3) is 0 Å². The summed E-state index contributed by atoms with van der Waals surface area (Å²) in [7, 11) is 0. The Balaban J connectivity index is 3.49. The molecule has 1 nitrogen and oxygen atoms in total. The molecule has 1 unspecified atom stereocenters. The monoisotopic (exact) mass is 191 g/mol. The highest BCUT2D eigenvalue weighted by atomic mass is 35.5. The number of unbranched alkanes of at least 4 members (excludes halogenated alkanes) is 1. The predicted octanol–water partition coefficient (Wildman–Crippen LogP) is 3.03. The van der Waals surface area contributed by atoms with E-state index >= 15 is 0 Å². The molecule has 0 aliphatic heterocycles. The van der Waals surface area contributed by atoms with E-state index in [2.05, 4.69) is 26.1 Å². The summed E-state index contributed by atoms with van der Waals surface area (Å²) in [5.74, 6) is 1.46. The van der Waals surface area contributed by atoms with Crippen molar-refractivity contribution in [3.05, 3.63) is 0 Å². The van der Waals surface area contributed by atoms with E-state index in [0.717, 1.165) is 18.8 Å². The Morgan fingerprint density at radius 1 is 1.33 bits per heavy atom. The summed E-state index contributed by atoms with van der Waals surface area (Å²) in [5, 5.41) is 3.54. The molecule has 0 aromatic carbocycles. The molecule has 0 bridgehead atoms. The van der Waals surface area contributed by atoms with Crippen LogP contribution in [-0.2, 0) is 0 Å². The molecule has 0 amide bonds. The average Bonchev–Trinajstić information content (AvgIpc) is 2.03. The van der Waals surface area contributed by atoms with E-state index in [-0.39, 0.29) is 0 Å². The zero-order valence-electron chi connectivity index (χ0n) is 8.57. The molecule has 0 aliphatic rings. The van der Waals surface area contributed by atoms with E-state index in [1.807, 2.05) is 0 Å². The Morgan fingerprint density at radius 3 is 2.42 bits per heavy atom. The average molecular weight is 192 g/mol. The van der Waals surface area contributed by atoms with Crippen molar-refractivity contribution in [1.29, 1.82) is 0 Å². The van der Waals surface area contributed by atoms with Crippen LogP contribution < -0.4 is 5.32 Å². The lowest BCUT2D eigenvalue weighted by molar-refractivity contribution is 0.388. The molecule has 12 heavy (non-hydrogen) atoms. The lowest BCUT2D eigenvalue weighted by Gasteiger charge is -2.21. The third-order valence-electron chi connectivity index (χ3n) is 2.16.